The highest BCUT2D eigenvalue weighted by Gasteiger charge is 2.10. The first-order chi connectivity index (χ1) is 14.0. The molecular weight excluding hydrogens is 372 g/mol. The van der Waals surface area contributed by atoms with Crippen molar-refractivity contribution < 1.29 is 19.1 Å². The Bertz CT molecular complexity index is 838. The van der Waals surface area contributed by atoms with Gasteiger partial charge in [-0.3, -0.25) is 9.59 Å². The predicted octanol–water partition coefficient (Wildman–Crippen LogP) is 2.11. The van der Waals surface area contributed by atoms with Gasteiger partial charge in [-0.15, -0.1) is 0 Å². The third-order valence-electron chi connectivity index (χ3n) is 3.75. The Balaban J connectivity index is 1.91. The molecule has 0 bridgehead atoms. The fraction of sp³-hybridized carbons (Fsp3) is 0.286. The van der Waals surface area contributed by atoms with E-state index in [4.69, 9.17) is 9.47 Å². The number of carbonyl (C=O) groups excluding carboxylic acids is 2. The first-order valence-electron chi connectivity index (χ1n) is 9.20. The lowest BCUT2D eigenvalue weighted by molar-refractivity contribution is -0.130. The van der Waals surface area contributed by atoms with Gasteiger partial charge in [0.15, 0.2) is 18.1 Å². The average molecular weight is 398 g/mol. The summed E-state index contributed by atoms with van der Waals surface area (Å²) in [6.45, 7) is 2.33. The number of hydrazone groups is 1. The van der Waals surface area contributed by atoms with Crippen LogP contribution < -0.4 is 20.2 Å². The smallest absolute Gasteiger partial charge is 0.259 e. The SMILES string of the molecule is CCOc1cc(/C=N/NC(=O)CNc2ccccc2)ccc1OCC(=O)N(C)C. The molecule has 0 fully saturated rings. The molecule has 0 unspecified atom stereocenters. The van der Waals surface area contributed by atoms with E-state index in [1.54, 1.807) is 32.3 Å². The van der Waals surface area contributed by atoms with Crippen LogP contribution in [0.3, 0.4) is 0 Å². The Morgan fingerprint density at radius 2 is 1.83 bits per heavy atom. The maximum absolute atomic E-state index is 11.9. The Morgan fingerprint density at radius 1 is 1.07 bits per heavy atom. The van der Waals surface area contributed by atoms with Gasteiger partial charge >= 0.3 is 0 Å². The third kappa shape index (κ3) is 7.53. The molecule has 0 radical (unpaired) electrons. The number of nitrogens with zero attached hydrogens (tertiary/aromatic N) is 2. The average Bonchev–Trinajstić information content (AvgIpc) is 2.72. The lowest BCUT2D eigenvalue weighted by Crippen LogP contribution is -2.27. The minimum atomic E-state index is -0.266. The topological polar surface area (TPSA) is 92.3 Å². The number of likely N-dealkylation sites (N-methyl/N-ethyl adjacent to an activating group) is 1. The summed E-state index contributed by atoms with van der Waals surface area (Å²) in [5, 5.41) is 6.96. The zero-order chi connectivity index (χ0) is 21.1. The number of amides is 2. The molecular formula is C21H26N4O4. The largest absolute Gasteiger partial charge is 0.490 e. The molecule has 0 atom stereocenters. The molecule has 2 aromatic rings. The number of hydrogen-bond donors (Lipinski definition) is 2. The number of benzene rings is 2. The molecule has 29 heavy (non-hydrogen) atoms. The number of rotatable bonds is 10. The number of hydrogen-bond acceptors (Lipinski definition) is 6. The van der Waals surface area contributed by atoms with Crippen molar-refractivity contribution in [2.75, 3.05) is 39.2 Å². The van der Waals surface area contributed by atoms with Gasteiger partial charge in [0, 0.05) is 19.8 Å². The Kier molecular flexibility index (Phi) is 8.50. The lowest BCUT2D eigenvalue weighted by Gasteiger charge is -2.14. The molecule has 0 aliphatic rings. The van der Waals surface area contributed by atoms with E-state index >= 15 is 0 Å². The molecule has 8 heteroatoms. The van der Waals surface area contributed by atoms with Crippen molar-refractivity contribution in [1.29, 1.82) is 0 Å². The molecule has 0 saturated heterocycles. The van der Waals surface area contributed by atoms with Crippen LogP contribution in [0.25, 0.3) is 0 Å². The van der Waals surface area contributed by atoms with Crippen LogP contribution >= 0.6 is 0 Å². The van der Waals surface area contributed by atoms with E-state index < -0.39 is 0 Å². The summed E-state index contributed by atoms with van der Waals surface area (Å²) in [6, 6.07) is 14.6. The highest BCUT2D eigenvalue weighted by atomic mass is 16.5. The number of ether oxygens (including phenoxy) is 2. The highest BCUT2D eigenvalue weighted by Crippen LogP contribution is 2.28. The molecule has 0 aliphatic heterocycles. The van der Waals surface area contributed by atoms with Gasteiger partial charge in [-0.05, 0) is 42.8 Å². The number of para-hydroxylation sites is 1. The summed E-state index contributed by atoms with van der Waals surface area (Å²) in [4.78, 5) is 25.0. The van der Waals surface area contributed by atoms with Crippen molar-refractivity contribution in [2.45, 2.75) is 6.92 Å². The monoisotopic (exact) mass is 398 g/mol. The lowest BCUT2D eigenvalue weighted by atomic mass is 10.2. The highest BCUT2D eigenvalue weighted by molar-refractivity contribution is 5.85. The molecule has 0 spiro atoms. The van der Waals surface area contributed by atoms with Gasteiger partial charge in [0.1, 0.15) is 0 Å². The second-order valence-corrected chi connectivity index (χ2v) is 6.23. The summed E-state index contributed by atoms with van der Waals surface area (Å²) in [6.07, 6.45) is 1.51. The third-order valence-corrected chi connectivity index (χ3v) is 3.75. The normalized spacial score (nSPS) is 10.4. The van der Waals surface area contributed by atoms with Crippen molar-refractivity contribution >= 4 is 23.7 Å². The standard InChI is InChI=1S/C21H26N4O4/c1-4-28-19-12-16(10-11-18(19)29-15-21(27)25(2)3)13-23-24-20(26)14-22-17-8-6-5-7-9-17/h5-13,22H,4,14-15H2,1-3H3,(H,24,26)/b23-13+. The Hall–Kier alpha value is -3.55. The maximum atomic E-state index is 11.9. The molecule has 2 aromatic carbocycles. The predicted molar refractivity (Wildman–Crippen MR) is 112 cm³/mol. The molecule has 154 valence electrons. The molecule has 0 saturated carbocycles. The van der Waals surface area contributed by atoms with Crippen LogP contribution in [-0.2, 0) is 9.59 Å². The zero-order valence-corrected chi connectivity index (χ0v) is 16.8. The Morgan fingerprint density at radius 3 is 2.52 bits per heavy atom. The Labute approximate surface area is 170 Å². The summed E-state index contributed by atoms with van der Waals surface area (Å²) >= 11 is 0. The van der Waals surface area contributed by atoms with Crippen molar-refractivity contribution in [1.82, 2.24) is 10.3 Å². The van der Waals surface area contributed by atoms with Crippen LogP contribution in [0.1, 0.15) is 12.5 Å². The van der Waals surface area contributed by atoms with Gasteiger partial charge in [0.2, 0.25) is 0 Å². The molecule has 8 nitrogen and oxygen atoms in total. The maximum Gasteiger partial charge on any atom is 0.259 e. The van der Waals surface area contributed by atoms with E-state index in [1.807, 2.05) is 37.3 Å². The minimum Gasteiger partial charge on any atom is -0.490 e. The van der Waals surface area contributed by atoms with E-state index in [0.29, 0.717) is 18.1 Å². The summed E-state index contributed by atoms with van der Waals surface area (Å²) in [5.74, 6) is 0.553. The number of carbonyl (C=O) groups is 2. The fourth-order valence-corrected chi connectivity index (χ4v) is 2.22. The van der Waals surface area contributed by atoms with Crippen molar-refractivity contribution in [3.05, 3.63) is 54.1 Å². The fourth-order valence-electron chi connectivity index (χ4n) is 2.22. The van der Waals surface area contributed by atoms with E-state index in [-0.39, 0.29) is 25.0 Å². The first-order valence-corrected chi connectivity index (χ1v) is 9.20. The number of anilines is 1. The van der Waals surface area contributed by atoms with Crippen molar-refractivity contribution in [3.63, 3.8) is 0 Å². The molecule has 2 rings (SSSR count). The molecule has 0 heterocycles. The molecule has 2 N–H and O–H groups in total. The number of nitrogens with one attached hydrogen (secondary N) is 2. The van der Waals surface area contributed by atoms with E-state index in [1.165, 1.54) is 11.1 Å². The van der Waals surface area contributed by atoms with Crippen LogP contribution in [0.5, 0.6) is 11.5 Å². The molecule has 2 amide bonds. The van der Waals surface area contributed by atoms with Crippen molar-refractivity contribution in [2.24, 2.45) is 5.10 Å². The molecule has 0 aromatic heterocycles. The summed E-state index contributed by atoms with van der Waals surface area (Å²) < 4.78 is 11.1. The van der Waals surface area contributed by atoms with Crippen LogP contribution in [0, 0.1) is 0 Å². The van der Waals surface area contributed by atoms with E-state index in [0.717, 1.165) is 11.3 Å². The van der Waals surface area contributed by atoms with Crippen LogP contribution in [-0.4, -0.2) is 56.8 Å². The van der Waals surface area contributed by atoms with Gasteiger partial charge in [-0.25, -0.2) is 5.43 Å². The van der Waals surface area contributed by atoms with Crippen molar-refractivity contribution in [3.8, 4) is 11.5 Å². The van der Waals surface area contributed by atoms with Crippen LogP contribution in [0.2, 0.25) is 0 Å². The van der Waals surface area contributed by atoms with Gasteiger partial charge in [-0.1, -0.05) is 18.2 Å². The molecule has 0 aliphatic carbocycles. The van der Waals surface area contributed by atoms with Gasteiger partial charge in [0.25, 0.3) is 11.8 Å². The second kappa shape index (κ2) is 11.3. The summed E-state index contributed by atoms with van der Waals surface area (Å²) in [5.41, 5.74) is 4.04. The van der Waals surface area contributed by atoms with Gasteiger partial charge in [0.05, 0.1) is 19.4 Å². The minimum absolute atomic E-state index is 0.0784. The van der Waals surface area contributed by atoms with E-state index in [2.05, 4.69) is 15.8 Å². The van der Waals surface area contributed by atoms with E-state index in [9.17, 15) is 9.59 Å². The van der Waals surface area contributed by atoms with Gasteiger partial charge < -0.3 is 19.7 Å². The van der Waals surface area contributed by atoms with Gasteiger partial charge in [-0.2, -0.15) is 5.10 Å². The quantitative estimate of drug-likeness (QED) is 0.472. The first kappa shape index (κ1) is 21.7. The van der Waals surface area contributed by atoms with Crippen LogP contribution in [0.15, 0.2) is 53.6 Å². The van der Waals surface area contributed by atoms with Crippen LogP contribution in [0.4, 0.5) is 5.69 Å². The summed E-state index contributed by atoms with van der Waals surface area (Å²) in [7, 11) is 3.33. The second-order valence-electron chi connectivity index (χ2n) is 6.23. The zero-order valence-electron chi connectivity index (χ0n) is 16.8.